The van der Waals surface area contributed by atoms with Crippen LogP contribution in [-0.2, 0) is 6.54 Å². The zero-order chi connectivity index (χ0) is 17.4. The highest BCUT2D eigenvalue weighted by molar-refractivity contribution is 14.0. The molecule has 1 atom stereocenters. The zero-order valence-electron chi connectivity index (χ0n) is 14.5. The van der Waals surface area contributed by atoms with E-state index in [2.05, 4.69) is 25.8 Å². The van der Waals surface area contributed by atoms with Gasteiger partial charge in [-0.05, 0) is 26.0 Å². The predicted octanol–water partition coefficient (Wildman–Crippen LogP) is 2.66. The first-order chi connectivity index (χ1) is 11.6. The molecule has 0 spiro atoms. The summed E-state index contributed by atoms with van der Waals surface area (Å²) in [5.41, 5.74) is 0. The summed E-state index contributed by atoms with van der Waals surface area (Å²) in [4.78, 5) is 8.49. The van der Waals surface area contributed by atoms with Crippen molar-refractivity contribution in [3.63, 3.8) is 0 Å². The van der Waals surface area contributed by atoms with E-state index in [1.54, 1.807) is 19.1 Å². The lowest BCUT2D eigenvalue weighted by atomic mass is 10.3. The van der Waals surface area contributed by atoms with E-state index in [0.717, 1.165) is 6.54 Å². The monoisotopic (exact) mass is 463 g/mol. The van der Waals surface area contributed by atoms with Crippen molar-refractivity contribution >= 4 is 29.9 Å². The summed E-state index contributed by atoms with van der Waals surface area (Å²) < 4.78 is 23.7. The van der Waals surface area contributed by atoms with Gasteiger partial charge in [0.2, 0.25) is 5.89 Å². The molecule has 7 nitrogen and oxygen atoms in total. The van der Waals surface area contributed by atoms with Gasteiger partial charge in [0.25, 0.3) is 0 Å². The highest BCUT2D eigenvalue weighted by Gasteiger charge is 2.07. The first-order valence-electron chi connectivity index (χ1n) is 7.80. The summed E-state index contributed by atoms with van der Waals surface area (Å²) in [5.74, 6) is 1.82. The number of hydrogen-bond acceptors (Lipinski definition) is 5. The topological polar surface area (TPSA) is 84.6 Å². The van der Waals surface area contributed by atoms with Gasteiger partial charge >= 0.3 is 0 Å². The predicted molar refractivity (Wildman–Crippen MR) is 104 cm³/mol. The number of aliphatic imine (C=N–C) groups is 1. The molecule has 2 N–H and O–H groups in total. The second-order valence-corrected chi connectivity index (χ2v) is 5.19. The van der Waals surface area contributed by atoms with Crippen LogP contribution in [0, 0.1) is 12.7 Å². The van der Waals surface area contributed by atoms with E-state index in [4.69, 9.17) is 9.26 Å². The van der Waals surface area contributed by atoms with Gasteiger partial charge in [-0.25, -0.2) is 9.38 Å². The molecule has 0 saturated heterocycles. The molecule has 0 aliphatic carbocycles. The van der Waals surface area contributed by atoms with E-state index in [1.807, 2.05) is 13.8 Å². The number of rotatable bonds is 7. The van der Waals surface area contributed by atoms with E-state index < -0.39 is 0 Å². The number of aryl methyl sites for hydroxylation is 1. The van der Waals surface area contributed by atoms with Crippen LogP contribution >= 0.6 is 24.0 Å². The molecular weight excluding hydrogens is 440 g/mol. The molecule has 25 heavy (non-hydrogen) atoms. The van der Waals surface area contributed by atoms with Gasteiger partial charge in [0, 0.05) is 19.5 Å². The number of nitrogens with zero attached hydrogens (tertiary/aromatic N) is 3. The fourth-order valence-electron chi connectivity index (χ4n) is 1.95. The Balaban J connectivity index is 0.00000312. The Morgan fingerprint density at radius 2 is 2.20 bits per heavy atom. The second-order valence-electron chi connectivity index (χ2n) is 5.19. The smallest absolute Gasteiger partial charge is 0.223 e. The molecule has 9 heteroatoms. The third-order valence-electron chi connectivity index (χ3n) is 2.98. The van der Waals surface area contributed by atoms with Gasteiger partial charge in [0.15, 0.2) is 11.8 Å². The Labute approximate surface area is 163 Å². The van der Waals surface area contributed by atoms with Crippen molar-refractivity contribution < 1.29 is 13.7 Å². The molecule has 0 aliphatic heterocycles. The van der Waals surface area contributed by atoms with E-state index >= 15 is 0 Å². The van der Waals surface area contributed by atoms with Gasteiger partial charge in [-0.2, -0.15) is 4.98 Å². The maximum absolute atomic E-state index is 13.2. The van der Waals surface area contributed by atoms with Crippen LogP contribution in [0.15, 0.2) is 33.8 Å². The van der Waals surface area contributed by atoms with Crippen LogP contribution in [0.25, 0.3) is 0 Å². The standard InChI is InChI=1S/C16H22FN5O2.HI/c1-4-18-16(20-10-15-21-12(3)24-22-15)19-9-11(2)23-14-7-5-6-13(17)8-14;/h5-8,11H,4,9-10H2,1-3H3,(H2,18,19,20);1H. The summed E-state index contributed by atoms with van der Waals surface area (Å²) in [7, 11) is 0. The largest absolute Gasteiger partial charge is 0.489 e. The molecule has 2 rings (SSSR count). The van der Waals surface area contributed by atoms with Crippen LogP contribution in [-0.4, -0.2) is 35.3 Å². The maximum Gasteiger partial charge on any atom is 0.223 e. The minimum Gasteiger partial charge on any atom is -0.489 e. The normalized spacial score (nSPS) is 12.2. The van der Waals surface area contributed by atoms with Crippen molar-refractivity contribution in [3.8, 4) is 5.75 Å². The first-order valence-corrected chi connectivity index (χ1v) is 7.80. The molecule has 0 fully saturated rings. The Morgan fingerprint density at radius 1 is 1.40 bits per heavy atom. The second kappa shape index (κ2) is 10.9. The average molecular weight is 463 g/mol. The highest BCUT2D eigenvalue weighted by Crippen LogP contribution is 2.13. The quantitative estimate of drug-likeness (QED) is 0.373. The van der Waals surface area contributed by atoms with E-state index in [9.17, 15) is 4.39 Å². The molecule has 0 saturated carbocycles. The van der Waals surface area contributed by atoms with Gasteiger partial charge < -0.3 is 19.9 Å². The van der Waals surface area contributed by atoms with Gasteiger partial charge in [-0.15, -0.1) is 24.0 Å². The molecule has 1 aromatic heterocycles. The van der Waals surface area contributed by atoms with Crippen LogP contribution in [0.2, 0.25) is 0 Å². The van der Waals surface area contributed by atoms with Gasteiger partial charge in [-0.1, -0.05) is 11.2 Å². The number of halogens is 2. The number of ether oxygens (including phenoxy) is 1. The average Bonchev–Trinajstić information content (AvgIpc) is 2.95. The van der Waals surface area contributed by atoms with Crippen molar-refractivity contribution in [2.75, 3.05) is 13.1 Å². The Morgan fingerprint density at radius 3 is 2.84 bits per heavy atom. The molecule has 2 aromatic rings. The molecule has 0 amide bonds. The van der Waals surface area contributed by atoms with Gasteiger partial charge in [0.05, 0.1) is 6.54 Å². The first kappa shape index (κ1) is 21.1. The third-order valence-corrected chi connectivity index (χ3v) is 2.98. The number of aromatic nitrogens is 2. The van der Waals surface area contributed by atoms with E-state index in [1.165, 1.54) is 12.1 Å². The Bertz CT molecular complexity index is 680. The van der Waals surface area contributed by atoms with Gasteiger partial charge in [-0.3, -0.25) is 0 Å². The number of nitrogens with one attached hydrogen (secondary N) is 2. The minimum atomic E-state index is -0.321. The van der Waals surface area contributed by atoms with Crippen LogP contribution < -0.4 is 15.4 Å². The lowest BCUT2D eigenvalue weighted by Gasteiger charge is -2.17. The zero-order valence-corrected chi connectivity index (χ0v) is 16.8. The fraction of sp³-hybridized carbons (Fsp3) is 0.438. The van der Waals surface area contributed by atoms with Crippen molar-refractivity contribution in [2.45, 2.75) is 33.4 Å². The van der Waals surface area contributed by atoms with Crippen molar-refractivity contribution in [1.82, 2.24) is 20.8 Å². The highest BCUT2D eigenvalue weighted by atomic mass is 127. The van der Waals surface area contributed by atoms with Crippen molar-refractivity contribution in [3.05, 3.63) is 41.8 Å². The molecule has 1 aromatic carbocycles. The number of guanidine groups is 1. The molecule has 0 aliphatic rings. The summed E-state index contributed by atoms with van der Waals surface area (Å²) in [6.45, 7) is 7.14. The molecule has 0 bridgehead atoms. The van der Waals surface area contributed by atoms with Crippen LogP contribution in [0.5, 0.6) is 5.75 Å². The third kappa shape index (κ3) is 7.67. The summed E-state index contributed by atoms with van der Waals surface area (Å²) in [5, 5.41) is 10.1. The lowest BCUT2D eigenvalue weighted by Crippen LogP contribution is -2.41. The fourth-order valence-corrected chi connectivity index (χ4v) is 1.95. The maximum atomic E-state index is 13.2. The summed E-state index contributed by atoms with van der Waals surface area (Å²) in [6.07, 6.45) is -0.164. The number of hydrogen-bond donors (Lipinski definition) is 2. The van der Waals surface area contributed by atoms with Crippen LogP contribution in [0.4, 0.5) is 4.39 Å². The van der Waals surface area contributed by atoms with Gasteiger partial charge in [0.1, 0.15) is 24.2 Å². The lowest BCUT2D eigenvalue weighted by molar-refractivity contribution is 0.223. The minimum absolute atomic E-state index is 0. The van der Waals surface area contributed by atoms with Crippen molar-refractivity contribution in [2.24, 2.45) is 4.99 Å². The van der Waals surface area contributed by atoms with Crippen LogP contribution in [0.1, 0.15) is 25.6 Å². The van der Waals surface area contributed by atoms with E-state index in [0.29, 0.717) is 36.5 Å². The van der Waals surface area contributed by atoms with Crippen molar-refractivity contribution in [1.29, 1.82) is 0 Å². The SMILES string of the molecule is CCNC(=NCc1noc(C)n1)NCC(C)Oc1cccc(F)c1.I. The Kier molecular flexibility index (Phi) is 9.17. The van der Waals surface area contributed by atoms with Crippen LogP contribution in [0.3, 0.4) is 0 Å². The molecule has 0 radical (unpaired) electrons. The molecule has 1 unspecified atom stereocenters. The molecule has 1 heterocycles. The molecule has 138 valence electrons. The molecular formula is C16H23FIN5O2. The summed E-state index contributed by atoms with van der Waals surface area (Å²) in [6, 6.07) is 6.07. The summed E-state index contributed by atoms with van der Waals surface area (Å²) >= 11 is 0. The van der Waals surface area contributed by atoms with E-state index in [-0.39, 0.29) is 35.9 Å². The number of benzene rings is 1. The Hall–Kier alpha value is -1.91.